The van der Waals surface area contributed by atoms with Crippen molar-refractivity contribution < 1.29 is 14.3 Å². The van der Waals surface area contributed by atoms with Gasteiger partial charge in [-0.1, -0.05) is 35.9 Å². The van der Waals surface area contributed by atoms with Gasteiger partial charge in [-0.15, -0.1) is 0 Å². The van der Waals surface area contributed by atoms with Crippen molar-refractivity contribution in [3.05, 3.63) is 70.5 Å². The Morgan fingerprint density at radius 2 is 1.90 bits per heavy atom. The summed E-state index contributed by atoms with van der Waals surface area (Å²) in [7, 11) is 0. The molecular weight excluding hydrogens is 279 g/mol. The summed E-state index contributed by atoms with van der Waals surface area (Å²) in [6.07, 6.45) is 0.286. The van der Waals surface area contributed by atoms with Crippen LogP contribution in [0.15, 0.2) is 48.5 Å². The molecule has 0 amide bonds. The molecule has 0 radical (unpaired) electrons. The molecule has 4 heteroatoms. The predicted molar refractivity (Wildman–Crippen MR) is 76.5 cm³/mol. The number of rotatable bonds is 4. The average Bonchev–Trinajstić information content (AvgIpc) is 2.39. The van der Waals surface area contributed by atoms with E-state index < -0.39 is 11.4 Å². The molecule has 2 rings (SSSR count). The third kappa shape index (κ3) is 2.99. The van der Waals surface area contributed by atoms with Gasteiger partial charge < -0.3 is 5.11 Å². The molecule has 20 heavy (non-hydrogen) atoms. The summed E-state index contributed by atoms with van der Waals surface area (Å²) in [6, 6.07) is 12.7. The van der Waals surface area contributed by atoms with Crippen LogP contribution in [0, 0.1) is 5.82 Å². The summed E-state index contributed by atoms with van der Waals surface area (Å²) >= 11 is 5.92. The molecule has 0 bridgehead atoms. The second-order valence-electron chi connectivity index (χ2n) is 4.95. The van der Waals surface area contributed by atoms with Crippen molar-refractivity contribution in [2.75, 3.05) is 0 Å². The predicted octanol–water partition coefficient (Wildman–Crippen LogP) is 4.06. The lowest BCUT2D eigenvalue weighted by molar-refractivity contribution is -0.143. The van der Waals surface area contributed by atoms with Crippen LogP contribution in [0.25, 0.3) is 0 Å². The summed E-state index contributed by atoms with van der Waals surface area (Å²) in [5.74, 6) is -1.34. The number of hydrogen-bond acceptors (Lipinski definition) is 1. The smallest absolute Gasteiger partial charge is 0.314 e. The highest BCUT2D eigenvalue weighted by atomic mass is 35.5. The second kappa shape index (κ2) is 5.63. The summed E-state index contributed by atoms with van der Waals surface area (Å²) in [6.45, 7) is 1.63. The van der Waals surface area contributed by atoms with Crippen molar-refractivity contribution in [1.82, 2.24) is 0 Å². The Labute approximate surface area is 121 Å². The maximum atomic E-state index is 13.0. The maximum Gasteiger partial charge on any atom is 0.314 e. The van der Waals surface area contributed by atoms with E-state index >= 15 is 0 Å². The first-order valence-electron chi connectivity index (χ1n) is 6.16. The fourth-order valence-electron chi connectivity index (χ4n) is 2.17. The van der Waals surface area contributed by atoms with Gasteiger partial charge in [0.2, 0.25) is 0 Å². The largest absolute Gasteiger partial charge is 0.481 e. The van der Waals surface area contributed by atoms with Gasteiger partial charge in [-0.25, -0.2) is 4.39 Å². The lowest BCUT2D eigenvalue weighted by Gasteiger charge is -2.25. The fraction of sp³-hybridized carbons (Fsp3) is 0.188. The molecule has 0 fully saturated rings. The molecular formula is C16H14ClFO2. The zero-order valence-corrected chi connectivity index (χ0v) is 11.7. The fourth-order valence-corrected chi connectivity index (χ4v) is 2.39. The summed E-state index contributed by atoms with van der Waals surface area (Å²) in [5.41, 5.74) is 0.261. The minimum atomic E-state index is -1.13. The number of carboxylic acids is 1. The van der Waals surface area contributed by atoms with E-state index in [1.54, 1.807) is 25.1 Å². The molecule has 1 unspecified atom stereocenters. The van der Waals surface area contributed by atoms with Crippen LogP contribution in [0.3, 0.4) is 0 Å². The van der Waals surface area contributed by atoms with Crippen LogP contribution in [0.5, 0.6) is 0 Å². The Bertz CT molecular complexity index is 625. The van der Waals surface area contributed by atoms with Gasteiger partial charge in [0, 0.05) is 5.02 Å². The molecule has 2 aromatic rings. The van der Waals surface area contributed by atoms with Crippen molar-refractivity contribution >= 4 is 17.6 Å². The molecule has 0 aliphatic carbocycles. The lowest BCUT2D eigenvalue weighted by Crippen LogP contribution is -2.34. The second-order valence-corrected chi connectivity index (χ2v) is 5.39. The first-order valence-corrected chi connectivity index (χ1v) is 6.53. The quantitative estimate of drug-likeness (QED) is 0.922. The van der Waals surface area contributed by atoms with Crippen LogP contribution in [-0.2, 0) is 16.6 Å². The number of carbonyl (C=O) groups is 1. The van der Waals surface area contributed by atoms with Gasteiger partial charge >= 0.3 is 5.97 Å². The molecule has 0 aromatic heterocycles. The number of aliphatic carboxylic acids is 1. The van der Waals surface area contributed by atoms with Crippen molar-refractivity contribution in [2.24, 2.45) is 0 Å². The minimum Gasteiger partial charge on any atom is -0.481 e. The summed E-state index contributed by atoms with van der Waals surface area (Å²) in [5, 5.41) is 10.1. The van der Waals surface area contributed by atoms with Gasteiger partial charge in [0.05, 0.1) is 5.41 Å². The molecule has 104 valence electrons. The van der Waals surface area contributed by atoms with Gasteiger partial charge in [-0.2, -0.15) is 0 Å². The zero-order valence-electron chi connectivity index (χ0n) is 10.9. The molecule has 0 aliphatic rings. The Morgan fingerprint density at radius 1 is 1.25 bits per heavy atom. The van der Waals surface area contributed by atoms with E-state index in [1.807, 2.05) is 6.07 Å². The Morgan fingerprint density at radius 3 is 2.45 bits per heavy atom. The highest BCUT2D eigenvalue weighted by molar-refractivity contribution is 6.30. The van der Waals surface area contributed by atoms with E-state index in [1.165, 1.54) is 24.3 Å². The number of hydrogen-bond donors (Lipinski definition) is 1. The summed E-state index contributed by atoms with van der Waals surface area (Å²) < 4.78 is 13.0. The van der Waals surface area contributed by atoms with Gasteiger partial charge in [-0.3, -0.25) is 4.79 Å². The third-order valence-corrected chi connectivity index (χ3v) is 3.64. The minimum absolute atomic E-state index is 0.286. The molecule has 1 N–H and O–H groups in total. The van der Waals surface area contributed by atoms with Crippen LogP contribution in [0.4, 0.5) is 4.39 Å². The molecule has 0 heterocycles. The van der Waals surface area contributed by atoms with E-state index in [0.29, 0.717) is 10.6 Å². The van der Waals surface area contributed by atoms with Gasteiger partial charge in [0.1, 0.15) is 5.82 Å². The number of carboxylic acid groups (broad SMARTS) is 1. The van der Waals surface area contributed by atoms with Crippen LogP contribution in [-0.4, -0.2) is 11.1 Å². The highest BCUT2D eigenvalue weighted by Crippen LogP contribution is 2.29. The van der Waals surface area contributed by atoms with Crippen molar-refractivity contribution in [2.45, 2.75) is 18.8 Å². The molecule has 2 nitrogen and oxygen atoms in total. The van der Waals surface area contributed by atoms with Crippen molar-refractivity contribution in [3.8, 4) is 0 Å². The average molecular weight is 293 g/mol. The van der Waals surface area contributed by atoms with E-state index in [0.717, 1.165) is 5.56 Å². The topological polar surface area (TPSA) is 37.3 Å². The molecule has 0 aliphatic heterocycles. The highest BCUT2D eigenvalue weighted by Gasteiger charge is 2.35. The maximum absolute atomic E-state index is 13.0. The Kier molecular flexibility index (Phi) is 4.09. The van der Waals surface area contributed by atoms with E-state index in [9.17, 15) is 14.3 Å². The van der Waals surface area contributed by atoms with Crippen LogP contribution >= 0.6 is 11.6 Å². The zero-order chi connectivity index (χ0) is 14.8. The number of halogens is 2. The SMILES string of the molecule is CC(Cc1cccc(Cl)c1)(C(=O)O)c1ccc(F)cc1. The van der Waals surface area contributed by atoms with E-state index in [4.69, 9.17) is 11.6 Å². The Balaban J connectivity index is 2.39. The molecule has 0 saturated heterocycles. The summed E-state index contributed by atoms with van der Waals surface area (Å²) in [4.78, 5) is 11.7. The lowest BCUT2D eigenvalue weighted by atomic mass is 9.77. The molecule has 2 aromatic carbocycles. The van der Waals surface area contributed by atoms with Crippen molar-refractivity contribution in [3.63, 3.8) is 0 Å². The molecule has 0 saturated carbocycles. The van der Waals surface area contributed by atoms with Crippen LogP contribution in [0.1, 0.15) is 18.1 Å². The van der Waals surface area contributed by atoms with Gasteiger partial charge in [0.15, 0.2) is 0 Å². The Hall–Kier alpha value is -1.87. The monoisotopic (exact) mass is 292 g/mol. The van der Waals surface area contributed by atoms with E-state index in [2.05, 4.69) is 0 Å². The number of benzene rings is 2. The standard InChI is InChI=1S/C16H14ClFO2/c1-16(15(19)20,12-5-7-14(18)8-6-12)10-11-3-2-4-13(17)9-11/h2-9H,10H2,1H3,(H,19,20). The normalized spacial score (nSPS) is 13.8. The van der Waals surface area contributed by atoms with Crippen LogP contribution in [0.2, 0.25) is 5.02 Å². The van der Waals surface area contributed by atoms with Crippen molar-refractivity contribution in [1.29, 1.82) is 0 Å². The third-order valence-electron chi connectivity index (χ3n) is 3.40. The van der Waals surface area contributed by atoms with E-state index in [-0.39, 0.29) is 12.2 Å². The van der Waals surface area contributed by atoms with Gasteiger partial charge in [-0.05, 0) is 48.7 Å². The first kappa shape index (κ1) is 14.5. The first-order chi connectivity index (χ1) is 9.41. The van der Waals surface area contributed by atoms with Gasteiger partial charge in [0.25, 0.3) is 0 Å². The molecule has 1 atom stereocenters. The van der Waals surface area contributed by atoms with Crippen LogP contribution < -0.4 is 0 Å². The molecule has 0 spiro atoms.